The Hall–Kier alpha value is -0.530. The average Bonchev–Trinajstić information content (AvgIpc) is 1.87. The van der Waals surface area contributed by atoms with E-state index in [9.17, 15) is 4.39 Å². The van der Waals surface area contributed by atoms with Gasteiger partial charge in [0.1, 0.15) is 18.2 Å². The van der Waals surface area contributed by atoms with Crippen molar-refractivity contribution in [1.82, 2.24) is 0 Å². The Kier molecular flexibility index (Phi) is 1.01. The largest absolute Gasteiger partial charge is 0.495 e. The third-order valence-electron chi connectivity index (χ3n) is 0.911. The van der Waals surface area contributed by atoms with Crippen LogP contribution in [0.4, 0.5) is 4.39 Å². The van der Waals surface area contributed by atoms with Crippen molar-refractivity contribution in [3.8, 4) is 0 Å². The van der Waals surface area contributed by atoms with Crippen LogP contribution >= 0.6 is 0 Å². The molecule has 1 heterocycles. The molecular formula is C5H7FO. The predicted molar refractivity (Wildman–Crippen MR) is 24.4 cm³/mol. The molecule has 1 aliphatic heterocycles. The van der Waals surface area contributed by atoms with Gasteiger partial charge in [-0.25, -0.2) is 4.39 Å². The van der Waals surface area contributed by atoms with Crippen LogP contribution in [0.3, 0.4) is 0 Å². The van der Waals surface area contributed by atoms with Gasteiger partial charge >= 0.3 is 0 Å². The second-order valence-electron chi connectivity index (χ2n) is 1.72. The van der Waals surface area contributed by atoms with Gasteiger partial charge in [0.25, 0.3) is 0 Å². The van der Waals surface area contributed by atoms with Crippen molar-refractivity contribution in [2.24, 2.45) is 0 Å². The number of rotatable bonds is 0. The maximum atomic E-state index is 11.9. The third-order valence-corrected chi connectivity index (χ3v) is 0.911. The molecule has 1 nitrogen and oxygen atoms in total. The topological polar surface area (TPSA) is 9.23 Å². The van der Waals surface area contributed by atoms with E-state index in [-0.39, 0.29) is 11.9 Å². The number of hydrogen-bond donors (Lipinski definition) is 0. The fourth-order valence-electron chi connectivity index (χ4n) is 0.561. The van der Waals surface area contributed by atoms with Crippen LogP contribution in [0.5, 0.6) is 0 Å². The first-order valence-electron chi connectivity index (χ1n) is 2.29. The van der Waals surface area contributed by atoms with Crippen molar-refractivity contribution in [2.75, 3.05) is 0 Å². The van der Waals surface area contributed by atoms with E-state index >= 15 is 0 Å². The Morgan fingerprint density at radius 3 is 2.86 bits per heavy atom. The van der Waals surface area contributed by atoms with Crippen molar-refractivity contribution in [3.63, 3.8) is 0 Å². The van der Waals surface area contributed by atoms with Gasteiger partial charge in [0.15, 0.2) is 0 Å². The SMILES string of the molecule is CC1CC(F)=CO1. The zero-order valence-electron chi connectivity index (χ0n) is 4.15. The molecule has 0 saturated carbocycles. The van der Waals surface area contributed by atoms with Crippen LogP contribution < -0.4 is 0 Å². The summed E-state index contributed by atoms with van der Waals surface area (Å²) in [6.45, 7) is 1.84. The van der Waals surface area contributed by atoms with Gasteiger partial charge in [0.05, 0.1) is 0 Å². The van der Waals surface area contributed by atoms with Crippen LogP contribution in [-0.4, -0.2) is 6.10 Å². The van der Waals surface area contributed by atoms with Crippen molar-refractivity contribution in [3.05, 3.63) is 12.1 Å². The molecule has 0 saturated heterocycles. The van der Waals surface area contributed by atoms with E-state index in [4.69, 9.17) is 4.74 Å². The van der Waals surface area contributed by atoms with Crippen molar-refractivity contribution in [2.45, 2.75) is 19.4 Å². The van der Waals surface area contributed by atoms with Gasteiger partial charge < -0.3 is 4.74 Å². The first-order chi connectivity index (χ1) is 3.29. The van der Waals surface area contributed by atoms with E-state index in [2.05, 4.69) is 0 Å². The van der Waals surface area contributed by atoms with E-state index in [1.807, 2.05) is 6.92 Å². The fraction of sp³-hybridized carbons (Fsp3) is 0.600. The Labute approximate surface area is 41.8 Å². The monoisotopic (exact) mass is 102 g/mol. The summed E-state index contributed by atoms with van der Waals surface area (Å²) in [5.74, 6) is -0.146. The molecule has 2 heteroatoms. The molecule has 0 aromatic rings. The Morgan fingerprint density at radius 2 is 2.71 bits per heavy atom. The van der Waals surface area contributed by atoms with E-state index in [0.29, 0.717) is 6.42 Å². The maximum Gasteiger partial charge on any atom is 0.138 e. The highest BCUT2D eigenvalue weighted by atomic mass is 19.1. The first-order valence-corrected chi connectivity index (χ1v) is 2.29. The number of halogens is 1. The quantitative estimate of drug-likeness (QED) is 0.451. The van der Waals surface area contributed by atoms with Crippen molar-refractivity contribution < 1.29 is 9.13 Å². The van der Waals surface area contributed by atoms with Gasteiger partial charge in [-0.1, -0.05) is 0 Å². The van der Waals surface area contributed by atoms with Crippen LogP contribution in [-0.2, 0) is 4.74 Å². The smallest absolute Gasteiger partial charge is 0.138 e. The molecule has 7 heavy (non-hydrogen) atoms. The maximum absolute atomic E-state index is 11.9. The van der Waals surface area contributed by atoms with Gasteiger partial charge in [0.2, 0.25) is 0 Å². The van der Waals surface area contributed by atoms with Crippen molar-refractivity contribution in [1.29, 1.82) is 0 Å². The van der Waals surface area contributed by atoms with Crippen molar-refractivity contribution >= 4 is 0 Å². The average molecular weight is 102 g/mol. The summed E-state index contributed by atoms with van der Waals surface area (Å²) in [4.78, 5) is 0. The lowest BCUT2D eigenvalue weighted by atomic mass is 10.3. The second-order valence-corrected chi connectivity index (χ2v) is 1.72. The minimum absolute atomic E-state index is 0.0556. The zero-order chi connectivity index (χ0) is 5.28. The Balaban J connectivity index is 2.42. The van der Waals surface area contributed by atoms with Crippen LogP contribution in [0.25, 0.3) is 0 Å². The molecular weight excluding hydrogens is 95.1 g/mol. The van der Waals surface area contributed by atoms with Crippen LogP contribution in [0.15, 0.2) is 12.1 Å². The Morgan fingerprint density at radius 1 is 2.00 bits per heavy atom. The summed E-state index contributed by atoms with van der Waals surface area (Å²) in [5, 5.41) is 0. The van der Waals surface area contributed by atoms with Crippen LogP contribution in [0.2, 0.25) is 0 Å². The molecule has 0 spiro atoms. The van der Waals surface area contributed by atoms with E-state index in [1.54, 1.807) is 0 Å². The molecule has 1 atom stereocenters. The lowest BCUT2D eigenvalue weighted by Crippen LogP contribution is -1.94. The normalized spacial score (nSPS) is 29.4. The molecule has 0 radical (unpaired) electrons. The highest BCUT2D eigenvalue weighted by Crippen LogP contribution is 2.16. The highest BCUT2D eigenvalue weighted by molar-refractivity contribution is 4.93. The summed E-state index contributed by atoms with van der Waals surface area (Å²) in [7, 11) is 0. The standard InChI is InChI=1S/C5H7FO/c1-4-2-5(6)3-7-4/h3-4H,2H2,1H3. The molecule has 1 aliphatic rings. The van der Waals surface area contributed by atoms with E-state index in [1.165, 1.54) is 6.26 Å². The van der Waals surface area contributed by atoms with Crippen LogP contribution in [0.1, 0.15) is 13.3 Å². The Bertz CT molecular complexity index is 98.3. The zero-order valence-corrected chi connectivity index (χ0v) is 4.15. The van der Waals surface area contributed by atoms with Gasteiger partial charge in [-0.3, -0.25) is 0 Å². The molecule has 40 valence electrons. The molecule has 1 unspecified atom stereocenters. The van der Waals surface area contributed by atoms with Gasteiger partial charge in [0, 0.05) is 6.42 Å². The molecule has 0 amide bonds. The van der Waals surface area contributed by atoms with Gasteiger partial charge in [-0.15, -0.1) is 0 Å². The van der Waals surface area contributed by atoms with Gasteiger partial charge in [-0.2, -0.15) is 0 Å². The number of ether oxygens (including phenoxy) is 1. The molecule has 0 aliphatic carbocycles. The molecule has 1 rings (SSSR count). The molecule has 0 fully saturated rings. The minimum atomic E-state index is -0.146. The lowest BCUT2D eigenvalue weighted by Gasteiger charge is -1.96. The third kappa shape index (κ3) is 0.918. The molecule has 0 bridgehead atoms. The molecule has 0 aromatic heterocycles. The number of hydrogen-bond acceptors (Lipinski definition) is 1. The summed E-state index contributed by atoms with van der Waals surface area (Å²) in [6.07, 6.45) is 1.67. The van der Waals surface area contributed by atoms with Crippen LogP contribution in [0, 0.1) is 0 Å². The second kappa shape index (κ2) is 1.52. The van der Waals surface area contributed by atoms with E-state index in [0.717, 1.165) is 0 Å². The van der Waals surface area contributed by atoms with Gasteiger partial charge in [-0.05, 0) is 6.92 Å². The summed E-state index contributed by atoms with van der Waals surface area (Å²) < 4.78 is 16.6. The summed E-state index contributed by atoms with van der Waals surface area (Å²) >= 11 is 0. The first kappa shape index (κ1) is 4.62. The molecule has 0 N–H and O–H groups in total. The fourth-order valence-corrected chi connectivity index (χ4v) is 0.561. The highest BCUT2D eigenvalue weighted by Gasteiger charge is 2.11. The summed E-state index contributed by atoms with van der Waals surface area (Å²) in [5.41, 5.74) is 0. The van der Waals surface area contributed by atoms with E-state index < -0.39 is 0 Å². The minimum Gasteiger partial charge on any atom is -0.495 e. The predicted octanol–water partition coefficient (Wildman–Crippen LogP) is 1.61. The lowest BCUT2D eigenvalue weighted by molar-refractivity contribution is 0.188. The molecule has 0 aromatic carbocycles. The summed E-state index contributed by atoms with van der Waals surface area (Å²) in [6, 6.07) is 0.